The van der Waals surface area contributed by atoms with Crippen molar-refractivity contribution in [2.45, 2.75) is 38.6 Å². The first-order chi connectivity index (χ1) is 8.58. The molecule has 0 aliphatic carbocycles. The average Bonchev–Trinajstić information content (AvgIpc) is 2.31. The number of carboxylic acids is 1. The first-order valence-electron chi connectivity index (χ1n) is 6.27. The second-order valence-electron chi connectivity index (χ2n) is 4.54. The molecule has 0 aliphatic rings. The van der Waals surface area contributed by atoms with E-state index in [1.807, 2.05) is 0 Å². The Morgan fingerprint density at radius 2 is 2.00 bits per heavy atom. The van der Waals surface area contributed by atoms with Crippen LogP contribution >= 0.6 is 0 Å². The molecule has 100 valence electrons. The Hall–Kier alpha value is -1.42. The lowest BCUT2D eigenvalue weighted by atomic mass is 10.1. The van der Waals surface area contributed by atoms with Gasteiger partial charge in [-0.15, -0.1) is 0 Å². The van der Waals surface area contributed by atoms with Crippen molar-refractivity contribution in [3.05, 3.63) is 35.6 Å². The predicted molar refractivity (Wildman–Crippen MR) is 69.1 cm³/mol. The molecule has 0 radical (unpaired) electrons. The van der Waals surface area contributed by atoms with E-state index in [2.05, 4.69) is 12.2 Å². The summed E-state index contributed by atoms with van der Waals surface area (Å²) in [5, 5.41) is 11.8. The van der Waals surface area contributed by atoms with Crippen molar-refractivity contribution in [1.29, 1.82) is 0 Å². The highest BCUT2D eigenvalue weighted by atomic mass is 19.1. The Balaban J connectivity index is 2.15. The van der Waals surface area contributed by atoms with Crippen LogP contribution in [0.15, 0.2) is 24.3 Å². The van der Waals surface area contributed by atoms with Crippen LogP contribution < -0.4 is 5.32 Å². The molecule has 3 nitrogen and oxygen atoms in total. The summed E-state index contributed by atoms with van der Waals surface area (Å²) in [4.78, 5) is 10.3. The number of benzene rings is 1. The summed E-state index contributed by atoms with van der Waals surface area (Å²) in [5.41, 5.74) is 1.10. The highest BCUT2D eigenvalue weighted by Crippen LogP contribution is 2.05. The number of unbranched alkanes of at least 4 members (excludes halogenated alkanes) is 1. The van der Waals surface area contributed by atoms with Gasteiger partial charge in [-0.2, -0.15) is 0 Å². The summed E-state index contributed by atoms with van der Waals surface area (Å²) < 4.78 is 12.7. The highest BCUT2D eigenvalue weighted by Gasteiger charge is 2.03. The van der Waals surface area contributed by atoms with Gasteiger partial charge in [-0.1, -0.05) is 12.1 Å². The number of hydrogen-bond donors (Lipinski definition) is 2. The minimum Gasteiger partial charge on any atom is -0.481 e. The third-order valence-electron chi connectivity index (χ3n) is 2.77. The van der Waals surface area contributed by atoms with E-state index in [0.29, 0.717) is 12.5 Å². The number of rotatable bonds is 8. The van der Waals surface area contributed by atoms with Crippen molar-refractivity contribution in [3.8, 4) is 0 Å². The van der Waals surface area contributed by atoms with Crippen molar-refractivity contribution in [2.75, 3.05) is 6.54 Å². The molecule has 4 heteroatoms. The summed E-state index contributed by atoms with van der Waals surface area (Å²) in [5.74, 6) is -0.956. The van der Waals surface area contributed by atoms with Crippen LogP contribution in [-0.4, -0.2) is 23.7 Å². The lowest BCUT2D eigenvalue weighted by molar-refractivity contribution is -0.137. The monoisotopic (exact) mass is 253 g/mol. The Morgan fingerprint density at radius 1 is 1.33 bits per heavy atom. The zero-order valence-electron chi connectivity index (χ0n) is 10.7. The first-order valence-corrected chi connectivity index (χ1v) is 6.27. The van der Waals surface area contributed by atoms with Gasteiger partial charge in [-0.05, 0) is 50.4 Å². The molecule has 1 unspecified atom stereocenters. The van der Waals surface area contributed by atoms with Crippen molar-refractivity contribution in [2.24, 2.45) is 0 Å². The van der Waals surface area contributed by atoms with E-state index in [1.165, 1.54) is 12.1 Å². The van der Waals surface area contributed by atoms with E-state index in [0.717, 1.165) is 24.9 Å². The molecular weight excluding hydrogens is 233 g/mol. The molecule has 18 heavy (non-hydrogen) atoms. The van der Waals surface area contributed by atoms with Crippen LogP contribution in [0.4, 0.5) is 4.39 Å². The maximum absolute atomic E-state index is 12.7. The molecule has 1 aromatic carbocycles. The second-order valence-corrected chi connectivity index (χ2v) is 4.54. The fourth-order valence-electron chi connectivity index (χ4n) is 1.80. The normalized spacial score (nSPS) is 12.3. The summed E-state index contributed by atoms with van der Waals surface area (Å²) in [6, 6.07) is 6.82. The van der Waals surface area contributed by atoms with Crippen molar-refractivity contribution < 1.29 is 14.3 Å². The van der Waals surface area contributed by atoms with E-state index >= 15 is 0 Å². The highest BCUT2D eigenvalue weighted by molar-refractivity contribution is 5.66. The standard InChI is InChI=1S/C14H20FNO2/c1-11(16-9-3-2-4-14(17)18)10-12-5-7-13(15)8-6-12/h5-8,11,16H,2-4,9-10H2,1H3,(H,17,18). The van der Waals surface area contributed by atoms with Crippen LogP contribution in [0, 0.1) is 5.82 Å². The number of nitrogens with one attached hydrogen (secondary N) is 1. The van der Waals surface area contributed by atoms with Gasteiger partial charge in [-0.3, -0.25) is 4.79 Å². The predicted octanol–water partition coefficient (Wildman–Crippen LogP) is 2.60. The number of aliphatic carboxylic acids is 1. The van der Waals surface area contributed by atoms with Crippen LogP contribution in [0.25, 0.3) is 0 Å². The van der Waals surface area contributed by atoms with Gasteiger partial charge in [0.05, 0.1) is 0 Å². The average molecular weight is 253 g/mol. The summed E-state index contributed by atoms with van der Waals surface area (Å²) in [7, 11) is 0. The van der Waals surface area contributed by atoms with Gasteiger partial charge in [-0.25, -0.2) is 4.39 Å². The fourth-order valence-corrected chi connectivity index (χ4v) is 1.80. The van der Waals surface area contributed by atoms with Crippen LogP contribution in [0.2, 0.25) is 0 Å². The van der Waals surface area contributed by atoms with E-state index in [1.54, 1.807) is 12.1 Å². The zero-order valence-corrected chi connectivity index (χ0v) is 10.7. The quantitative estimate of drug-likeness (QED) is 0.700. The SMILES string of the molecule is CC(Cc1ccc(F)cc1)NCCCCC(=O)O. The van der Waals surface area contributed by atoms with Crippen LogP contribution in [0.5, 0.6) is 0 Å². The first kappa shape index (κ1) is 14.6. The van der Waals surface area contributed by atoms with Gasteiger partial charge < -0.3 is 10.4 Å². The van der Waals surface area contributed by atoms with E-state index in [-0.39, 0.29) is 12.2 Å². The molecule has 0 saturated heterocycles. The number of halogens is 1. The van der Waals surface area contributed by atoms with E-state index in [4.69, 9.17) is 5.11 Å². The van der Waals surface area contributed by atoms with E-state index in [9.17, 15) is 9.18 Å². The van der Waals surface area contributed by atoms with Gasteiger partial charge in [0.15, 0.2) is 0 Å². The molecule has 1 aromatic rings. The lowest BCUT2D eigenvalue weighted by Gasteiger charge is -2.13. The molecule has 0 spiro atoms. The van der Waals surface area contributed by atoms with Crippen LogP contribution in [0.1, 0.15) is 31.7 Å². The molecule has 0 amide bonds. The van der Waals surface area contributed by atoms with Crippen molar-refractivity contribution >= 4 is 5.97 Å². The number of hydrogen-bond acceptors (Lipinski definition) is 2. The zero-order chi connectivity index (χ0) is 13.4. The molecule has 1 rings (SSSR count). The fraction of sp³-hybridized carbons (Fsp3) is 0.500. The largest absolute Gasteiger partial charge is 0.481 e. The third kappa shape index (κ3) is 6.35. The smallest absolute Gasteiger partial charge is 0.303 e. The maximum Gasteiger partial charge on any atom is 0.303 e. The van der Waals surface area contributed by atoms with Crippen LogP contribution in [0.3, 0.4) is 0 Å². The maximum atomic E-state index is 12.7. The molecule has 1 atom stereocenters. The summed E-state index contributed by atoms with van der Waals surface area (Å²) in [6.07, 6.45) is 2.64. The van der Waals surface area contributed by atoms with Crippen LogP contribution in [-0.2, 0) is 11.2 Å². The molecule has 0 heterocycles. The number of carboxylic acid groups (broad SMARTS) is 1. The van der Waals surface area contributed by atoms with Crippen molar-refractivity contribution in [3.63, 3.8) is 0 Å². The summed E-state index contributed by atoms with van der Waals surface area (Å²) >= 11 is 0. The van der Waals surface area contributed by atoms with Gasteiger partial charge in [0.2, 0.25) is 0 Å². The summed E-state index contributed by atoms with van der Waals surface area (Å²) in [6.45, 7) is 2.89. The minimum atomic E-state index is -0.741. The van der Waals surface area contributed by atoms with Crippen molar-refractivity contribution in [1.82, 2.24) is 5.32 Å². The van der Waals surface area contributed by atoms with Gasteiger partial charge in [0.25, 0.3) is 0 Å². The van der Waals surface area contributed by atoms with Gasteiger partial charge in [0.1, 0.15) is 5.82 Å². The number of carbonyl (C=O) groups is 1. The Labute approximate surface area is 107 Å². The molecule has 0 fully saturated rings. The molecular formula is C14H20FNO2. The lowest BCUT2D eigenvalue weighted by Crippen LogP contribution is -2.29. The Morgan fingerprint density at radius 3 is 2.61 bits per heavy atom. The molecule has 0 aliphatic heterocycles. The minimum absolute atomic E-state index is 0.215. The Bertz CT molecular complexity index is 365. The topological polar surface area (TPSA) is 49.3 Å². The van der Waals surface area contributed by atoms with Gasteiger partial charge in [0, 0.05) is 12.5 Å². The van der Waals surface area contributed by atoms with E-state index < -0.39 is 5.97 Å². The molecule has 0 saturated carbocycles. The Kier molecular flexibility index (Phi) is 6.36. The van der Waals surface area contributed by atoms with Gasteiger partial charge >= 0.3 is 5.97 Å². The third-order valence-corrected chi connectivity index (χ3v) is 2.77. The second kappa shape index (κ2) is 7.82. The molecule has 0 bridgehead atoms. The molecule has 0 aromatic heterocycles. The molecule has 2 N–H and O–H groups in total.